The van der Waals surface area contributed by atoms with Crippen LogP contribution in [-0.2, 0) is 0 Å². The Morgan fingerprint density at radius 1 is 1.13 bits per heavy atom. The van der Waals surface area contributed by atoms with E-state index in [-0.39, 0.29) is 17.8 Å². The molecule has 0 radical (unpaired) electrons. The van der Waals surface area contributed by atoms with E-state index >= 15 is 0 Å². The monoisotopic (exact) mass is 425 g/mol. The van der Waals surface area contributed by atoms with E-state index in [1.165, 1.54) is 12.8 Å². The Morgan fingerprint density at radius 3 is 2.74 bits per heavy atom. The molecule has 0 bridgehead atoms. The van der Waals surface area contributed by atoms with Gasteiger partial charge >= 0.3 is 6.03 Å². The molecule has 5 rings (SSSR count). The number of piperazine rings is 1. The van der Waals surface area contributed by atoms with Crippen molar-refractivity contribution < 1.29 is 14.0 Å². The molecule has 2 aliphatic heterocycles. The summed E-state index contributed by atoms with van der Waals surface area (Å²) in [6.45, 7) is 4.74. The Hall–Kier alpha value is -2.74. The fourth-order valence-corrected chi connectivity index (χ4v) is 5.47. The van der Waals surface area contributed by atoms with Crippen molar-refractivity contribution in [2.24, 2.45) is 5.73 Å². The number of fused-ring (bicyclic) bond motifs is 1. The largest absolute Gasteiger partial charge is 0.449 e. The maximum absolute atomic E-state index is 12.9. The highest BCUT2D eigenvalue weighted by molar-refractivity contribution is 6.06. The van der Waals surface area contributed by atoms with Crippen LogP contribution in [0.2, 0.25) is 0 Å². The van der Waals surface area contributed by atoms with E-state index in [2.05, 4.69) is 15.1 Å². The molecular weight excluding hydrogens is 394 g/mol. The molecule has 3 fully saturated rings. The van der Waals surface area contributed by atoms with Gasteiger partial charge < -0.3 is 30.2 Å². The van der Waals surface area contributed by atoms with Crippen molar-refractivity contribution in [3.05, 3.63) is 30.0 Å². The SMILES string of the molecule is NC(=O)c1oc2ccccc2c1N1CCNCC1CCN1CCN(C2CCCC2)C1=O. The molecule has 1 atom stereocenters. The van der Waals surface area contributed by atoms with Gasteiger partial charge in [-0.1, -0.05) is 25.0 Å². The number of anilines is 1. The molecule has 3 N–H and O–H groups in total. The predicted molar refractivity (Wildman–Crippen MR) is 119 cm³/mol. The van der Waals surface area contributed by atoms with Gasteiger partial charge in [-0.25, -0.2) is 4.79 Å². The van der Waals surface area contributed by atoms with Crippen molar-refractivity contribution in [2.45, 2.75) is 44.2 Å². The Bertz CT molecular complexity index is 967. The van der Waals surface area contributed by atoms with Gasteiger partial charge in [0.25, 0.3) is 5.91 Å². The molecule has 0 spiro atoms. The van der Waals surface area contributed by atoms with Crippen LogP contribution in [-0.4, -0.2) is 73.1 Å². The molecule has 2 aromatic rings. The second-order valence-electron chi connectivity index (χ2n) is 8.88. The molecule has 1 aromatic carbocycles. The molecule has 3 aliphatic rings. The van der Waals surface area contributed by atoms with Crippen molar-refractivity contribution in [2.75, 3.05) is 44.2 Å². The van der Waals surface area contributed by atoms with Gasteiger partial charge in [-0.3, -0.25) is 4.79 Å². The number of nitrogens with zero attached hydrogens (tertiary/aromatic N) is 3. The lowest BCUT2D eigenvalue weighted by Crippen LogP contribution is -2.53. The summed E-state index contributed by atoms with van der Waals surface area (Å²) in [5.41, 5.74) is 7.12. The third kappa shape index (κ3) is 3.73. The van der Waals surface area contributed by atoms with Crippen LogP contribution in [0.25, 0.3) is 11.0 Å². The summed E-state index contributed by atoms with van der Waals surface area (Å²) in [5, 5.41) is 4.37. The molecule has 3 amide bonds. The smallest absolute Gasteiger partial charge is 0.320 e. The third-order valence-electron chi connectivity index (χ3n) is 7.06. The highest BCUT2D eigenvalue weighted by atomic mass is 16.3. The van der Waals surface area contributed by atoms with Gasteiger partial charge in [0.15, 0.2) is 0 Å². The van der Waals surface area contributed by atoms with E-state index in [1.807, 2.05) is 29.2 Å². The number of furan rings is 1. The van der Waals surface area contributed by atoms with Gasteiger partial charge in [0.05, 0.1) is 5.69 Å². The van der Waals surface area contributed by atoms with Crippen LogP contribution in [0.5, 0.6) is 0 Å². The van der Waals surface area contributed by atoms with Gasteiger partial charge in [-0.2, -0.15) is 0 Å². The second-order valence-corrected chi connectivity index (χ2v) is 8.88. The summed E-state index contributed by atoms with van der Waals surface area (Å²) in [4.78, 5) is 31.4. The fraction of sp³-hybridized carbons (Fsp3) is 0.565. The zero-order chi connectivity index (χ0) is 21.4. The van der Waals surface area contributed by atoms with Crippen LogP contribution < -0.4 is 16.0 Å². The number of amides is 3. The minimum Gasteiger partial charge on any atom is -0.449 e. The Kier molecular flexibility index (Phi) is 5.48. The number of urea groups is 1. The first-order valence-corrected chi connectivity index (χ1v) is 11.5. The maximum Gasteiger partial charge on any atom is 0.320 e. The van der Waals surface area contributed by atoms with E-state index < -0.39 is 5.91 Å². The van der Waals surface area contributed by atoms with E-state index in [9.17, 15) is 9.59 Å². The molecule has 166 valence electrons. The van der Waals surface area contributed by atoms with E-state index in [1.54, 1.807) is 0 Å². The number of rotatable bonds is 6. The van der Waals surface area contributed by atoms with Crippen molar-refractivity contribution >= 4 is 28.6 Å². The van der Waals surface area contributed by atoms with Crippen LogP contribution in [0.3, 0.4) is 0 Å². The summed E-state index contributed by atoms with van der Waals surface area (Å²) in [6.07, 6.45) is 5.58. The standard InChI is InChI=1S/C23H31N5O3/c24-22(29)21-20(18-7-3-4-8-19(18)31-21)27-12-10-25-15-17(27)9-11-26-13-14-28(23(26)30)16-5-1-2-6-16/h3-4,7-8,16-17,25H,1-2,5-6,9-15H2,(H2,24,29). The highest BCUT2D eigenvalue weighted by Gasteiger charge is 2.36. The van der Waals surface area contributed by atoms with Crippen LogP contribution in [0.4, 0.5) is 10.5 Å². The lowest BCUT2D eigenvalue weighted by molar-refractivity contribution is 0.0976. The Balaban J connectivity index is 1.33. The number of para-hydroxylation sites is 1. The number of nitrogens with two attached hydrogens (primary N) is 1. The average molecular weight is 426 g/mol. The molecule has 8 nitrogen and oxygen atoms in total. The van der Waals surface area contributed by atoms with E-state index in [0.717, 1.165) is 63.1 Å². The third-order valence-corrected chi connectivity index (χ3v) is 7.06. The van der Waals surface area contributed by atoms with Crippen LogP contribution in [0, 0.1) is 0 Å². The second kappa shape index (κ2) is 8.42. The topological polar surface area (TPSA) is 95.0 Å². The van der Waals surface area contributed by atoms with Crippen LogP contribution in [0.1, 0.15) is 42.7 Å². The van der Waals surface area contributed by atoms with Crippen molar-refractivity contribution in [3.63, 3.8) is 0 Å². The molecule has 2 saturated heterocycles. The summed E-state index contributed by atoms with van der Waals surface area (Å²) in [5.74, 6) is -0.330. The number of hydrogen-bond acceptors (Lipinski definition) is 5. The minimum absolute atomic E-state index is 0.154. The number of nitrogens with one attached hydrogen (secondary N) is 1. The number of carbonyl (C=O) groups excluding carboxylic acids is 2. The van der Waals surface area contributed by atoms with Gasteiger partial charge in [0.1, 0.15) is 5.58 Å². The van der Waals surface area contributed by atoms with Crippen molar-refractivity contribution in [1.82, 2.24) is 15.1 Å². The number of hydrogen-bond donors (Lipinski definition) is 2. The fourth-order valence-electron chi connectivity index (χ4n) is 5.47. The highest BCUT2D eigenvalue weighted by Crippen LogP contribution is 2.36. The number of carbonyl (C=O) groups is 2. The van der Waals surface area contributed by atoms with Gasteiger partial charge in [-0.05, 0) is 31.4 Å². The minimum atomic E-state index is -0.551. The Morgan fingerprint density at radius 2 is 1.94 bits per heavy atom. The summed E-state index contributed by atoms with van der Waals surface area (Å²) < 4.78 is 5.82. The summed E-state index contributed by atoms with van der Waals surface area (Å²) in [7, 11) is 0. The zero-order valence-electron chi connectivity index (χ0n) is 17.9. The first-order chi connectivity index (χ1) is 15.1. The lowest BCUT2D eigenvalue weighted by Gasteiger charge is -2.38. The summed E-state index contributed by atoms with van der Waals surface area (Å²) in [6, 6.07) is 8.46. The summed E-state index contributed by atoms with van der Waals surface area (Å²) >= 11 is 0. The normalized spacial score (nSPS) is 22.8. The number of benzene rings is 1. The maximum atomic E-state index is 12.9. The Labute approximate surface area is 182 Å². The van der Waals surface area contributed by atoms with Gasteiger partial charge in [0.2, 0.25) is 5.76 Å². The van der Waals surface area contributed by atoms with Crippen LogP contribution >= 0.6 is 0 Å². The van der Waals surface area contributed by atoms with Crippen LogP contribution in [0.15, 0.2) is 28.7 Å². The molecule has 31 heavy (non-hydrogen) atoms. The molecule has 1 saturated carbocycles. The zero-order valence-corrected chi connectivity index (χ0v) is 17.9. The number of primary amides is 1. The van der Waals surface area contributed by atoms with Gasteiger partial charge in [0, 0.05) is 56.7 Å². The molecule has 3 heterocycles. The molecule has 8 heteroatoms. The molecule has 1 aliphatic carbocycles. The molecule has 1 aromatic heterocycles. The van der Waals surface area contributed by atoms with E-state index in [0.29, 0.717) is 18.2 Å². The van der Waals surface area contributed by atoms with Crippen molar-refractivity contribution in [3.8, 4) is 0 Å². The molecular formula is C23H31N5O3. The average Bonchev–Trinajstić information content (AvgIpc) is 3.51. The first-order valence-electron chi connectivity index (χ1n) is 11.5. The quantitative estimate of drug-likeness (QED) is 0.741. The van der Waals surface area contributed by atoms with Gasteiger partial charge in [-0.15, -0.1) is 0 Å². The van der Waals surface area contributed by atoms with Crippen molar-refractivity contribution in [1.29, 1.82) is 0 Å². The predicted octanol–water partition coefficient (Wildman–Crippen LogP) is 2.38. The lowest BCUT2D eigenvalue weighted by atomic mass is 10.1. The van der Waals surface area contributed by atoms with E-state index in [4.69, 9.17) is 10.2 Å². The first kappa shape index (κ1) is 20.2. The molecule has 1 unspecified atom stereocenters.